The summed E-state index contributed by atoms with van der Waals surface area (Å²) in [5, 5.41) is 16.5. The number of hydrogen-bond acceptors (Lipinski definition) is 7. The van der Waals surface area contributed by atoms with Gasteiger partial charge in [-0.15, -0.1) is 16.4 Å². The zero-order valence-corrected chi connectivity index (χ0v) is 13.5. The maximum absolute atomic E-state index is 5.54. The Hall–Kier alpha value is -1.44. The number of hydrogen-bond donors (Lipinski definition) is 2. The predicted molar refractivity (Wildman–Crippen MR) is 83.7 cm³/mol. The highest BCUT2D eigenvalue weighted by Gasteiger charge is 2.22. The molecule has 0 aliphatic rings. The fourth-order valence-corrected chi connectivity index (χ4v) is 2.67. The first-order chi connectivity index (χ1) is 10.1. The third kappa shape index (κ3) is 4.80. The van der Waals surface area contributed by atoms with Crippen LogP contribution < -0.4 is 10.6 Å². The van der Waals surface area contributed by atoms with E-state index in [1.165, 1.54) is 4.88 Å². The number of anilines is 1. The Morgan fingerprint density at radius 3 is 2.95 bits per heavy atom. The molecule has 0 bridgehead atoms. The zero-order chi connectivity index (χ0) is 15.1. The van der Waals surface area contributed by atoms with E-state index in [0.717, 1.165) is 13.1 Å². The van der Waals surface area contributed by atoms with Crippen LogP contribution in [-0.4, -0.2) is 37.0 Å². The lowest BCUT2D eigenvalue weighted by Crippen LogP contribution is -2.26. The summed E-state index contributed by atoms with van der Waals surface area (Å²) in [4.78, 5) is 1.33. The van der Waals surface area contributed by atoms with Gasteiger partial charge in [-0.3, -0.25) is 0 Å². The highest BCUT2D eigenvalue weighted by Crippen LogP contribution is 2.27. The van der Waals surface area contributed by atoms with E-state index in [9.17, 15) is 0 Å². The fraction of sp³-hybridized carbons (Fsp3) is 0.571. The zero-order valence-electron chi connectivity index (χ0n) is 12.7. The molecular formula is C14H22N4O2S. The van der Waals surface area contributed by atoms with E-state index in [1.807, 2.05) is 0 Å². The molecule has 2 rings (SSSR count). The van der Waals surface area contributed by atoms with Crippen molar-refractivity contribution in [1.29, 1.82) is 0 Å². The van der Waals surface area contributed by atoms with E-state index in [4.69, 9.17) is 9.15 Å². The molecule has 0 aliphatic carbocycles. The molecule has 0 spiro atoms. The summed E-state index contributed by atoms with van der Waals surface area (Å²) in [6.45, 7) is 7.09. The second-order valence-corrected chi connectivity index (χ2v) is 6.33. The van der Waals surface area contributed by atoms with Crippen LogP contribution in [0.5, 0.6) is 0 Å². The van der Waals surface area contributed by atoms with Gasteiger partial charge in [0.05, 0.1) is 13.2 Å². The van der Waals surface area contributed by atoms with Crippen LogP contribution in [-0.2, 0) is 16.7 Å². The van der Waals surface area contributed by atoms with Crippen molar-refractivity contribution in [3.8, 4) is 0 Å². The van der Waals surface area contributed by atoms with Crippen molar-refractivity contribution in [2.45, 2.75) is 25.8 Å². The summed E-state index contributed by atoms with van der Waals surface area (Å²) in [5.41, 5.74) is 0.0273. The van der Waals surface area contributed by atoms with Crippen molar-refractivity contribution < 1.29 is 9.15 Å². The van der Waals surface area contributed by atoms with Gasteiger partial charge < -0.3 is 19.8 Å². The van der Waals surface area contributed by atoms with Crippen LogP contribution in [0.1, 0.15) is 24.6 Å². The van der Waals surface area contributed by atoms with Gasteiger partial charge in [0.1, 0.15) is 0 Å². The van der Waals surface area contributed by atoms with Crippen molar-refractivity contribution in [2.24, 2.45) is 0 Å². The van der Waals surface area contributed by atoms with Crippen LogP contribution in [0.4, 0.5) is 6.01 Å². The smallest absolute Gasteiger partial charge is 0.315 e. The molecule has 0 aliphatic heterocycles. The molecule has 21 heavy (non-hydrogen) atoms. The van der Waals surface area contributed by atoms with E-state index < -0.39 is 0 Å². The highest BCUT2D eigenvalue weighted by atomic mass is 32.1. The third-order valence-corrected chi connectivity index (χ3v) is 4.33. The molecule has 0 saturated heterocycles. The lowest BCUT2D eigenvalue weighted by molar-refractivity contribution is 0.198. The molecule has 116 valence electrons. The first-order valence-electron chi connectivity index (χ1n) is 6.92. The molecule has 7 heteroatoms. The van der Waals surface area contributed by atoms with Crippen molar-refractivity contribution in [1.82, 2.24) is 15.5 Å². The average Bonchev–Trinajstić information content (AvgIpc) is 3.13. The van der Waals surface area contributed by atoms with Crippen molar-refractivity contribution in [3.63, 3.8) is 0 Å². The van der Waals surface area contributed by atoms with Crippen LogP contribution in [0.15, 0.2) is 21.9 Å². The minimum absolute atomic E-state index is 0.0273. The molecule has 2 heterocycles. The van der Waals surface area contributed by atoms with Gasteiger partial charge in [0.2, 0.25) is 5.89 Å². The van der Waals surface area contributed by atoms with Crippen LogP contribution >= 0.6 is 11.3 Å². The molecule has 0 unspecified atom stereocenters. The Labute approximate surface area is 128 Å². The summed E-state index contributed by atoms with van der Waals surface area (Å²) in [6, 6.07) is 4.67. The minimum atomic E-state index is 0.0273. The molecule has 2 aromatic heterocycles. The number of aromatic nitrogens is 2. The Morgan fingerprint density at radius 2 is 2.24 bits per heavy atom. The van der Waals surface area contributed by atoms with Gasteiger partial charge >= 0.3 is 6.01 Å². The number of thiophene rings is 1. The molecule has 0 fully saturated rings. The maximum atomic E-state index is 5.54. The molecule has 2 aromatic rings. The monoisotopic (exact) mass is 310 g/mol. The van der Waals surface area contributed by atoms with Crippen LogP contribution in [0, 0.1) is 0 Å². The SMILES string of the molecule is COCCNCc1nnc(NCC(C)(C)c2cccs2)o1. The predicted octanol–water partition coefficient (Wildman–Crippen LogP) is 2.26. The first-order valence-corrected chi connectivity index (χ1v) is 7.79. The lowest BCUT2D eigenvalue weighted by atomic mass is 9.91. The summed E-state index contributed by atoms with van der Waals surface area (Å²) < 4.78 is 10.5. The van der Waals surface area contributed by atoms with Crippen molar-refractivity contribution in [3.05, 3.63) is 28.3 Å². The van der Waals surface area contributed by atoms with Gasteiger partial charge in [-0.1, -0.05) is 25.0 Å². The fourth-order valence-electron chi connectivity index (χ4n) is 1.81. The maximum Gasteiger partial charge on any atom is 0.315 e. The lowest BCUT2D eigenvalue weighted by Gasteiger charge is -2.22. The summed E-state index contributed by atoms with van der Waals surface area (Å²) in [7, 11) is 1.67. The Balaban J connectivity index is 1.80. The van der Waals surface area contributed by atoms with Gasteiger partial charge in [-0.05, 0) is 11.4 Å². The summed E-state index contributed by atoms with van der Waals surface area (Å²) >= 11 is 1.76. The molecule has 6 nitrogen and oxygen atoms in total. The van der Waals surface area contributed by atoms with Crippen molar-refractivity contribution >= 4 is 17.4 Å². The molecule has 0 radical (unpaired) electrons. The van der Waals surface area contributed by atoms with E-state index in [1.54, 1.807) is 18.4 Å². The van der Waals surface area contributed by atoms with Gasteiger partial charge in [0, 0.05) is 30.5 Å². The van der Waals surface area contributed by atoms with E-state index in [-0.39, 0.29) is 5.41 Å². The topological polar surface area (TPSA) is 72.2 Å². The Kier molecular flexibility index (Phi) is 5.72. The average molecular weight is 310 g/mol. The number of ether oxygens (including phenoxy) is 1. The molecule has 0 saturated carbocycles. The number of nitrogens with zero attached hydrogens (tertiary/aromatic N) is 2. The number of rotatable bonds is 9. The molecule has 0 amide bonds. The van der Waals surface area contributed by atoms with Gasteiger partial charge in [0.15, 0.2) is 0 Å². The normalized spacial score (nSPS) is 11.8. The van der Waals surface area contributed by atoms with Crippen LogP contribution in [0.2, 0.25) is 0 Å². The first kappa shape index (κ1) is 15.9. The summed E-state index contributed by atoms with van der Waals surface area (Å²) in [6.07, 6.45) is 0. The number of nitrogens with one attached hydrogen (secondary N) is 2. The van der Waals surface area contributed by atoms with Crippen LogP contribution in [0.25, 0.3) is 0 Å². The highest BCUT2D eigenvalue weighted by molar-refractivity contribution is 7.10. The number of methoxy groups -OCH3 is 1. The van der Waals surface area contributed by atoms with E-state index >= 15 is 0 Å². The van der Waals surface area contributed by atoms with E-state index in [2.05, 4.69) is 52.2 Å². The summed E-state index contributed by atoms with van der Waals surface area (Å²) in [5.74, 6) is 0.572. The second-order valence-electron chi connectivity index (χ2n) is 5.39. The van der Waals surface area contributed by atoms with Crippen molar-refractivity contribution in [2.75, 3.05) is 32.1 Å². The third-order valence-electron chi connectivity index (χ3n) is 3.10. The minimum Gasteiger partial charge on any atom is -0.407 e. The second kappa shape index (κ2) is 7.53. The van der Waals surface area contributed by atoms with Gasteiger partial charge in [-0.2, -0.15) is 0 Å². The molecule has 0 aromatic carbocycles. The Morgan fingerprint density at radius 1 is 1.38 bits per heavy atom. The van der Waals surface area contributed by atoms with Crippen LogP contribution in [0.3, 0.4) is 0 Å². The molecule has 2 N–H and O–H groups in total. The largest absolute Gasteiger partial charge is 0.407 e. The van der Waals surface area contributed by atoms with Gasteiger partial charge in [-0.25, -0.2) is 0 Å². The Bertz CT molecular complexity index is 525. The standard InChI is InChI=1S/C14H22N4O2S/c1-14(2,11-5-4-8-21-11)10-16-13-18-17-12(20-13)9-15-6-7-19-3/h4-5,8,15H,6-7,9-10H2,1-3H3,(H,16,18). The van der Waals surface area contributed by atoms with E-state index in [0.29, 0.717) is 25.1 Å². The molecule has 0 atom stereocenters. The quantitative estimate of drug-likeness (QED) is 0.692. The molecular weight excluding hydrogens is 288 g/mol. The van der Waals surface area contributed by atoms with Gasteiger partial charge in [0.25, 0.3) is 0 Å².